The number of rotatable bonds is 1. The molecule has 7 heteroatoms. The Morgan fingerprint density at radius 3 is 2.95 bits per heavy atom. The molecule has 0 radical (unpaired) electrons. The first-order valence-corrected chi connectivity index (χ1v) is 7.32. The van der Waals surface area contributed by atoms with Gasteiger partial charge in [0.1, 0.15) is 17.0 Å². The summed E-state index contributed by atoms with van der Waals surface area (Å²) < 4.78 is 0. The number of carbonyl (C=O) groups excluding carboxylic acids is 1. The number of nitrogens with zero attached hydrogens (tertiary/aromatic N) is 4. The summed E-state index contributed by atoms with van der Waals surface area (Å²) in [6.07, 6.45) is 2.47. The normalized spacial score (nSPS) is 14.2. The number of aromatic nitrogens is 2. The summed E-state index contributed by atoms with van der Waals surface area (Å²) >= 11 is 1.66. The Morgan fingerprint density at radius 2 is 2.25 bits per heavy atom. The standard InChI is InChI=1S/C13H17N5OS/c1-14-13(19)18-5-4-8-9(6-18)20-12-10(8)11(17(2)3)15-7-16-12/h7H,4-6H2,1-3H3,(H,14,19). The zero-order chi connectivity index (χ0) is 14.3. The molecule has 0 atom stereocenters. The molecular weight excluding hydrogens is 274 g/mol. The van der Waals surface area contributed by atoms with Crippen molar-refractivity contribution in [2.24, 2.45) is 0 Å². The number of amides is 2. The van der Waals surface area contributed by atoms with Crippen LogP contribution in [0.25, 0.3) is 10.2 Å². The van der Waals surface area contributed by atoms with Crippen LogP contribution in [0.3, 0.4) is 0 Å². The van der Waals surface area contributed by atoms with Crippen LogP contribution in [-0.2, 0) is 13.0 Å². The SMILES string of the molecule is CNC(=O)N1CCc2c(sc3ncnc(N(C)C)c23)C1. The van der Waals surface area contributed by atoms with E-state index in [-0.39, 0.29) is 6.03 Å². The number of anilines is 1. The van der Waals surface area contributed by atoms with Crippen molar-refractivity contribution in [3.8, 4) is 0 Å². The van der Waals surface area contributed by atoms with Gasteiger partial charge in [0.2, 0.25) is 0 Å². The van der Waals surface area contributed by atoms with Gasteiger partial charge in [0, 0.05) is 32.6 Å². The van der Waals surface area contributed by atoms with Crippen molar-refractivity contribution in [1.82, 2.24) is 20.2 Å². The van der Waals surface area contributed by atoms with E-state index in [2.05, 4.69) is 15.3 Å². The van der Waals surface area contributed by atoms with Crippen LogP contribution in [0.2, 0.25) is 0 Å². The predicted octanol–water partition coefficient (Wildman–Crippen LogP) is 1.45. The molecule has 0 saturated carbocycles. The molecule has 0 bridgehead atoms. The van der Waals surface area contributed by atoms with Gasteiger partial charge in [-0.2, -0.15) is 0 Å². The monoisotopic (exact) mass is 291 g/mol. The lowest BCUT2D eigenvalue weighted by Crippen LogP contribution is -2.40. The van der Waals surface area contributed by atoms with Gasteiger partial charge in [-0.15, -0.1) is 11.3 Å². The molecule has 0 aromatic carbocycles. The number of fused-ring (bicyclic) bond motifs is 3. The zero-order valence-corrected chi connectivity index (χ0v) is 12.6. The predicted molar refractivity (Wildman–Crippen MR) is 80.3 cm³/mol. The fraction of sp³-hybridized carbons (Fsp3) is 0.462. The molecule has 1 aliphatic heterocycles. The molecule has 0 spiro atoms. The average Bonchev–Trinajstić information content (AvgIpc) is 2.83. The van der Waals surface area contributed by atoms with Gasteiger partial charge in [-0.1, -0.05) is 0 Å². The molecule has 3 rings (SSSR count). The third kappa shape index (κ3) is 1.98. The second kappa shape index (κ2) is 4.90. The summed E-state index contributed by atoms with van der Waals surface area (Å²) in [5, 5.41) is 3.83. The van der Waals surface area contributed by atoms with Crippen LogP contribution in [0.1, 0.15) is 10.4 Å². The molecule has 2 amide bonds. The summed E-state index contributed by atoms with van der Waals surface area (Å²) in [5.74, 6) is 0.959. The van der Waals surface area contributed by atoms with E-state index in [0.717, 1.165) is 29.0 Å². The summed E-state index contributed by atoms with van der Waals surface area (Å²) in [5.41, 5.74) is 1.30. The molecule has 0 saturated heterocycles. The second-order valence-corrected chi connectivity index (χ2v) is 6.09. The van der Waals surface area contributed by atoms with E-state index in [1.54, 1.807) is 24.7 Å². The van der Waals surface area contributed by atoms with Crippen LogP contribution < -0.4 is 10.2 Å². The van der Waals surface area contributed by atoms with Gasteiger partial charge in [-0.05, 0) is 12.0 Å². The van der Waals surface area contributed by atoms with E-state index < -0.39 is 0 Å². The number of urea groups is 1. The van der Waals surface area contributed by atoms with E-state index in [0.29, 0.717) is 6.54 Å². The lowest BCUT2D eigenvalue weighted by atomic mass is 10.1. The van der Waals surface area contributed by atoms with Gasteiger partial charge in [-0.25, -0.2) is 14.8 Å². The van der Waals surface area contributed by atoms with Crippen LogP contribution in [0.5, 0.6) is 0 Å². The Bertz CT molecular complexity index is 666. The van der Waals surface area contributed by atoms with E-state index in [4.69, 9.17) is 0 Å². The first-order chi connectivity index (χ1) is 9.61. The molecule has 106 valence electrons. The molecule has 3 heterocycles. The van der Waals surface area contributed by atoms with E-state index in [1.807, 2.05) is 23.9 Å². The van der Waals surface area contributed by atoms with E-state index >= 15 is 0 Å². The molecule has 0 fully saturated rings. The highest BCUT2D eigenvalue weighted by atomic mass is 32.1. The largest absolute Gasteiger partial charge is 0.362 e. The molecular formula is C13H17N5OS. The van der Waals surface area contributed by atoms with Crippen LogP contribution in [0, 0.1) is 0 Å². The lowest BCUT2D eigenvalue weighted by molar-refractivity contribution is 0.195. The third-order valence-corrected chi connectivity index (χ3v) is 4.67. The van der Waals surface area contributed by atoms with Crippen molar-refractivity contribution < 1.29 is 4.79 Å². The van der Waals surface area contributed by atoms with E-state index in [9.17, 15) is 4.79 Å². The maximum Gasteiger partial charge on any atom is 0.317 e. The first-order valence-electron chi connectivity index (χ1n) is 6.51. The van der Waals surface area contributed by atoms with Crippen molar-refractivity contribution in [3.05, 3.63) is 16.8 Å². The van der Waals surface area contributed by atoms with Crippen molar-refractivity contribution in [1.29, 1.82) is 0 Å². The van der Waals surface area contributed by atoms with Crippen molar-refractivity contribution in [2.45, 2.75) is 13.0 Å². The maximum absolute atomic E-state index is 11.8. The number of hydrogen-bond acceptors (Lipinski definition) is 5. The van der Waals surface area contributed by atoms with Gasteiger partial charge in [0.15, 0.2) is 0 Å². The Labute approximate surface area is 121 Å². The molecule has 2 aromatic rings. The Kier molecular flexibility index (Phi) is 3.21. The summed E-state index contributed by atoms with van der Waals surface area (Å²) in [7, 11) is 5.65. The molecule has 1 N–H and O–H groups in total. The highest BCUT2D eigenvalue weighted by molar-refractivity contribution is 7.19. The quantitative estimate of drug-likeness (QED) is 0.864. The molecule has 6 nitrogen and oxygen atoms in total. The van der Waals surface area contributed by atoms with Gasteiger partial charge in [-0.3, -0.25) is 0 Å². The minimum atomic E-state index is -0.0213. The second-order valence-electron chi connectivity index (χ2n) is 5.00. The first kappa shape index (κ1) is 13.1. The van der Waals surface area contributed by atoms with Gasteiger partial charge in [0.05, 0.1) is 11.9 Å². The Balaban J connectivity index is 2.08. The van der Waals surface area contributed by atoms with Crippen LogP contribution in [-0.4, -0.2) is 48.6 Å². The fourth-order valence-electron chi connectivity index (χ4n) is 2.58. The highest BCUT2D eigenvalue weighted by Gasteiger charge is 2.26. The lowest BCUT2D eigenvalue weighted by Gasteiger charge is -2.26. The van der Waals surface area contributed by atoms with Crippen molar-refractivity contribution in [3.63, 3.8) is 0 Å². The number of nitrogens with one attached hydrogen (secondary N) is 1. The molecule has 20 heavy (non-hydrogen) atoms. The van der Waals surface area contributed by atoms with Crippen LogP contribution in [0.4, 0.5) is 10.6 Å². The number of thiophene rings is 1. The smallest absolute Gasteiger partial charge is 0.317 e. The average molecular weight is 291 g/mol. The molecule has 0 unspecified atom stereocenters. The van der Waals surface area contributed by atoms with Gasteiger partial charge < -0.3 is 15.1 Å². The number of hydrogen-bond donors (Lipinski definition) is 1. The molecule has 0 aliphatic carbocycles. The minimum absolute atomic E-state index is 0.0213. The van der Waals surface area contributed by atoms with Crippen molar-refractivity contribution in [2.75, 3.05) is 32.6 Å². The van der Waals surface area contributed by atoms with Crippen LogP contribution in [0.15, 0.2) is 6.33 Å². The Morgan fingerprint density at radius 1 is 1.45 bits per heavy atom. The number of carbonyl (C=O) groups is 1. The minimum Gasteiger partial charge on any atom is -0.362 e. The topological polar surface area (TPSA) is 61.4 Å². The van der Waals surface area contributed by atoms with Crippen molar-refractivity contribution >= 4 is 33.4 Å². The van der Waals surface area contributed by atoms with Crippen LogP contribution >= 0.6 is 11.3 Å². The summed E-state index contributed by atoms with van der Waals surface area (Å²) in [6.45, 7) is 1.39. The third-order valence-electron chi connectivity index (χ3n) is 3.54. The molecule has 2 aromatic heterocycles. The van der Waals surface area contributed by atoms with Gasteiger partial charge in [0.25, 0.3) is 0 Å². The highest BCUT2D eigenvalue weighted by Crippen LogP contribution is 2.37. The van der Waals surface area contributed by atoms with E-state index in [1.165, 1.54) is 10.4 Å². The zero-order valence-electron chi connectivity index (χ0n) is 11.8. The molecule has 1 aliphatic rings. The van der Waals surface area contributed by atoms with Gasteiger partial charge >= 0.3 is 6.03 Å². The fourth-order valence-corrected chi connectivity index (χ4v) is 3.78. The summed E-state index contributed by atoms with van der Waals surface area (Å²) in [6, 6.07) is -0.0213. The maximum atomic E-state index is 11.8. The Hall–Kier alpha value is -1.89. The summed E-state index contributed by atoms with van der Waals surface area (Å²) in [4.78, 5) is 26.6.